The number of nitrogens with one attached hydrogen (secondary N) is 2. The minimum Gasteiger partial charge on any atom is -0.326 e. The largest absolute Gasteiger partial charge is 0.326 e. The van der Waals surface area contributed by atoms with Crippen LogP contribution < -0.4 is 10.6 Å². The molecule has 1 aliphatic rings. The summed E-state index contributed by atoms with van der Waals surface area (Å²) in [7, 11) is 0. The molecule has 0 heterocycles. The van der Waals surface area contributed by atoms with Crippen LogP contribution in [0.2, 0.25) is 10.0 Å². The molecule has 1 aliphatic carbocycles. The lowest BCUT2D eigenvalue weighted by Gasteiger charge is -2.06. The van der Waals surface area contributed by atoms with Crippen molar-refractivity contribution >= 4 is 46.4 Å². The Morgan fingerprint density at radius 3 is 1.43 bits per heavy atom. The van der Waals surface area contributed by atoms with E-state index in [9.17, 15) is 9.59 Å². The van der Waals surface area contributed by atoms with Gasteiger partial charge < -0.3 is 10.6 Å². The molecular weight excluding hydrogens is 335 g/mol. The van der Waals surface area contributed by atoms with Crippen molar-refractivity contribution in [3.63, 3.8) is 0 Å². The number of anilines is 2. The lowest BCUT2D eigenvalue weighted by Crippen LogP contribution is -2.20. The minimum atomic E-state index is -0.294. The molecule has 23 heavy (non-hydrogen) atoms. The molecule has 2 N–H and O–H groups in total. The second kappa shape index (κ2) is 6.60. The maximum atomic E-state index is 12.1. The van der Waals surface area contributed by atoms with Gasteiger partial charge in [-0.1, -0.05) is 23.2 Å². The first kappa shape index (κ1) is 15.8. The van der Waals surface area contributed by atoms with E-state index in [-0.39, 0.29) is 23.7 Å². The molecule has 1 fully saturated rings. The minimum absolute atomic E-state index is 0.149. The molecule has 3 rings (SSSR count). The van der Waals surface area contributed by atoms with Crippen molar-refractivity contribution in [3.05, 3.63) is 58.6 Å². The maximum Gasteiger partial charge on any atom is 0.228 e. The third kappa shape index (κ3) is 4.03. The molecule has 0 bridgehead atoms. The molecule has 0 saturated heterocycles. The van der Waals surface area contributed by atoms with Gasteiger partial charge in [0.2, 0.25) is 11.8 Å². The number of halogens is 2. The molecule has 6 heteroatoms. The van der Waals surface area contributed by atoms with E-state index < -0.39 is 0 Å². The van der Waals surface area contributed by atoms with E-state index >= 15 is 0 Å². The van der Waals surface area contributed by atoms with Crippen molar-refractivity contribution in [3.8, 4) is 0 Å². The fraction of sp³-hybridized carbons (Fsp3) is 0.176. The Morgan fingerprint density at radius 1 is 0.739 bits per heavy atom. The lowest BCUT2D eigenvalue weighted by molar-refractivity contribution is -0.122. The first-order valence-electron chi connectivity index (χ1n) is 7.16. The van der Waals surface area contributed by atoms with Gasteiger partial charge in [0, 0.05) is 21.4 Å². The van der Waals surface area contributed by atoms with Gasteiger partial charge in [-0.05, 0) is 55.0 Å². The highest BCUT2D eigenvalue weighted by molar-refractivity contribution is 6.31. The first-order valence-corrected chi connectivity index (χ1v) is 7.91. The van der Waals surface area contributed by atoms with Crippen molar-refractivity contribution in [2.45, 2.75) is 6.42 Å². The van der Waals surface area contributed by atoms with Gasteiger partial charge in [-0.2, -0.15) is 0 Å². The van der Waals surface area contributed by atoms with Gasteiger partial charge in [-0.3, -0.25) is 9.59 Å². The van der Waals surface area contributed by atoms with Crippen LogP contribution in [0.4, 0.5) is 11.4 Å². The monoisotopic (exact) mass is 348 g/mol. The van der Waals surface area contributed by atoms with E-state index in [1.807, 2.05) is 0 Å². The standard InChI is InChI=1S/C17H14Cl2N2O2/c18-10-1-5-12(6-2-10)20-16(22)14-9-15(14)17(23)21-13-7-3-11(19)4-8-13/h1-8,14-15H,9H2,(H,20,22)(H,21,23). The van der Waals surface area contributed by atoms with Crippen LogP contribution in [0.15, 0.2) is 48.5 Å². The molecule has 4 nitrogen and oxygen atoms in total. The van der Waals surface area contributed by atoms with Gasteiger partial charge in [0.25, 0.3) is 0 Å². The number of carbonyl (C=O) groups is 2. The van der Waals surface area contributed by atoms with Gasteiger partial charge in [0.15, 0.2) is 0 Å². The van der Waals surface area contributed by atoms with E-state index in [0.29, 0.717) is 27.8 Å². The number of rotatable bonds is 4. The summed E-state index contributed by atoms with van der Waals surface area (Å²) in [4.78, 5) is 24.3. The molecular formula is C17H14Cl2N2O2. The van der Waals surface area contributed by atoms with Gasteiger partial charge in [-0.15, -0.1) is 0 Å². The molecule has 2 aromatic carbocycles. The van der Waals surface area contributed by atoms with Crippen LogP contribution >= 0.6 is 23.2 Å². The van der Waals surface area contributed by atoms with E-state index in [1.165, 1.54) is 0 Å². The van der Waals surface area contributed by atoms with Crippen molar-refractivity contribution in [2.75, 3.05) is 10.6 Å². The van der Waals surface area contributed by atoms with E-state index in [2.05, 4.69) is 10.6 Å². The zero-order valence-electron chi connectivity index (χ0n) is 12.1. The highest BCUT2D eigenvalue weighted by Crippen LogP contribution is 2.40. The van der Waals surface area contributed by atoms with Crippen LogP contribution in [0, 0.1) is 11.8 Å². The Morgan fingerprint density at radius 2 is 1.09 bits per heavy atom. The van der Waals surface area contributed by atoms with Crippen LogP contribution in [-0.4, -0.2) is 11.8 Å². The summed E-state index contributed by atoms with van der Waals surface area (Å²) in [5.74, 6) is -0.886. The molecule has 2 aromatic rings. The lowest BCUT2D eigenvalue weighted by atomic mass is 10.2. The fourth-order valence-electron chi connectivity index (χ4n) is 2.31. The fourth-order valence-corrected chi connectivity index (χ4v) is 2.56. The molecule has 118 valence electrons. The summed E-state index contributed by atoms with van der Waals surface area (Å²) in [6, 6.07) is 13.7. The Bertz CT molecular complexity index is 666. The molecule has 2 unspecified atom stereocenters. The maximum absolute atomic E-state index is 12.1. The third-order valence-corrected chi connectivity index (χ3v) is 4.19. The van der Waals surface area contributed by atoms with Crippen LogP contribution in [0.25, 0.3) is 0 Å². The zero-order valence-corrected chi connectivity index (χ0v) is 13.6. The number of amides is 2. The van der Waals surface area contributed by atoms with E-state index in [0.717, 1.165) is 0 Å². The quantitative estimate of drug-likeness (QED) is 0.869. The first-order chi connectivity index (χ1) is 11.0. The zero-order chi connectivity index (χ0) is 16.4. The molecule has 0 aromatic heterocycles. The molecule has 1 saturated carbocycles. The summed E-state index contributed by atoms with van der Waals surface area (Å²) in [5.41, 5.74) is 1.34. The summed E-state index contributed by atoms with van der Waals surface area (Å²) in [6.45, 7) is 0. The van der Waals surface area contributed by atoms with Gasteiger partial charge in [0.05, 0.1) is 11.8 Å². The Labute approximate surface area is 143 Å². The normalized spacial score (nSPS) is 19.0. The third-order valence-electron chi connectivity index (χ3n) is 3.69. The number of benzene rings is 2. The Hall–Kier alpha value is -2.04. The predicted molar refractivity (Wildman–Crippen MR) is 91.8 cm³/mol. The van der Waals surface area contributed by atoms with Crippen molar-refractivity contribution in [2.24, 2.45) is 11.8 Å². The average molecular weight is 349 g/mol. The second-order valence-corrected chi connectivity index (χ2v) is 6.31. The highest BCUT2D eigenvalue weighted by atomic mass is 35.5. The smallest absolute Gasteiger partial charge is 0.228 e. The second-order valence-electron chi connectivity index (χ2n) is 5.44. The SMILES string of the molecule is O=C(Nc1ccc(Cl)cc1)C1CC1C(=O)Nc1ccc(Cl)cc1. The van der Waals surface area contributed by atoms with Crippen LogP contribution in [0.1, 0.15) is 6.42 Å². The molecule has 0 aliphatic heterocycles. The summed E-state index contributed by atoms with van der Waals surface area (Å²) in [6.07, 6.45) is 0.554. The highest BCUT2D eigenvalue weighted by Gasteiger charge is 2.48. The molecule has 0 radical (unpaired) electrons. The summed E-state index contributed by atoms with van der Waals surface area (Å²) >= 11 is 11.6. The van der Waals surface area contributed by atoms with E-state index in [1.54, 1.807) is 48.5 Å². The number of hydrogen-bond acceptors (Lipinski definition) is 2. The molecule has 2 amide bonds. The topological polar surface area (TPSA) is 58.2 Å². The Balaban J connectivity index is 1.53. The van der Waals surface area contributed by atoms with Crippen LogP contribution in [-0.2, 0) is 9.59 Å². The van der Waals surface area contributed by atoms with Gasteiger partial charge in [0.1, 0.15) is 0 Å². The van der Waals surface area contributed by atoms with Crippen LogP contribution in [0.3, 0.4) is 0 Å². The summed E-state index contributed by atoms with van der Waals surface area (Å²) in [5, 5.41) is 6.80. The van der Waals surface area contributed by atoms with E-state index in [4.69, 9.17) is 23.2 Å². The predicted octanol–water partition coefficient (Wildman–Crippen LogP) is 4.21. The van der Waals surface area contributed by atoms with Gasteiger partial charge in [-0.25, -0.2) is 0 Å². The average Bonchev–Trinajstić information content (AvgIpc) is 3.33. The molecule has 2 atom stereocenters. The molecule has 0 spiro atoms. The Kier molecular flexibility index (Phi) is 4.55. The van der Waals surface area contributed by atoms with Gasteiger partial charge >= 0.3 is 0 Å². The van der Waals surface area contributed by atoms with Crippen molar-refractivity contribution < 1.29 is 9.59 Å². The summed E-state index contributed by atoms with van der Waals surface area (Å²) < 4.78 is 0. The number of hydrogen-bond donors (Lipinski definition) is 2. The van der Waals surface area contributed by atoms with Crippen molar-refractivity contribution in [1.82, 2.24) is 0 Å². The van der Waals surface area contributed by atoms with Crippen LogP contribution in [0.5, 0.6) is 0 Å². The van der Waals surface area contributed by atoms with Crippen molar-refractivity contribution in [1.29, 1.82) is 0 Å². The number of carbonyl (C=O) groups excluding carboxylic acids is 2.